The van der Waals surface area contributed by atoms with E-state index in [1.807, 2.05) is 6.92 Å². The van der Waals surface area contributed by atoms with Gasteiger partial charge in [-0.2, -0.15) is 0 Å². The van der Waals surface area contributed by atoms with Crippen molar-refractivity contribution in [3.8, 4) is 0 Å². The van der Waals surface area contributed by atoms with E-state index in [9.17, 15) is 4.79 Å². The molecule has 0 radical (unpaired) electrons. The highest BCUT2D eigenvalue weighted by molar-refractivity contribution is 6.30. The minimum absolute atomic E-state index is 0.242. The lowest BCUT2D eigenvalue weighted by atomic mass is 9.86. The van der Waals surface area contributed by atoms with Gasteiger partial charge in [-0.15, -0.1) is 0 Å². The maximum absolute atomic E-state index is 11.8. The molecule has 7 heteroatoms. The molecular weight excluding hydrogens is 266 g/mol. The summed E-state index contributed by atoms with van der Waals surface area (Å²) in [6.45, 7) is 2.45. The summed E-state index contributed by atoms with van der Waals surface area (Å²) in [5.74, 6) is -0.488. The zero-order chi connectivity index (χ0) is 14.3. The molecule has 0 heterocycles. The van der Waals surface area contributed by atoms with Crippen LogP contribution < -0.4 is 11.1 Å². The Hall–Kier alpha value is -1.75. The molecule has 0 saturated heterocycles. The van der Waals surface area contributed by atoms with Crippen LogP contribution in [-0.2, 0) is 10.3 Å². The van der Waals surface area contributed by atoms with E-state index in [-0.39, 0.29) is 6.54 Å². The maximum Gasteiger partial charge on any atom is 0.242 e. The van der Waals surface area contributed by atoms with Crippen molar-refractivity contribution >= 4 is 17.5 Å². The van der Waals surface area contributed by atoms with Gasteiger partial charge in [0.25, 0.3) is 0 Å². The van der Waals surface area contributed by atoms with E-state index in [4.69, 9.17) is 22.9 Å². The Morgan fingerprint density at radius 1 is 1.63 bits per heavy atom. The topological polar surface area (TPSA) is 104 Å². The normalized spacial score (nSPS) is 13.4. The molecule has 1 unspecified atom stereocenters. The summed E-state index contributed by atoms with van der Waals surface area (Å²) in [4.78, 5) is 14.5. The van der Waals surface area contributed by atoms with Crippen molar-refractivity contribution in [3.63, 3.8) is 0 Å². The molecule has 0 aromatic heterocycles. The molecule has 1 amide bonds. The standard InChI is InChI=1S/C12H16ClN5O/c1-2-12(11(14)19,16-6-7-17-18-15)9-4-3-5-10(13)8-9/h3-5,8,16H,2,6-7H2,1H3,(H2,14,19). The number of halogens is 1. The fraction of sp³-hybridized carbons (Fsp3) is 0.417. The molecule has 0 saturated carbocycles. The molecule has 6 nitrogen and oxygen atoms in total. The second-order valence-corrected chi connectivity index (χ2v) is 4.45. The molecule has 0 aliphatic rings. The Bertz CT molecular complexity index is 501. The second kappa shape index (κ2) is 6.99. The van der Waals surface area contributed by atoms with Crippen molar-refractivity contribution in [1.29, 1.82) is 0 Å². The number of amides is 1. The number of nitrogens with two attached hydrogens (primary N) is 1. The molecule has 0 aliphatic carbocycles. The molecular formula is C12H16ClN5O. The highest BCUT2D eigenvalue weighted by Crippen LogP contribution is 2.27. The molecule has 3 N–H and O–H groups in total. The van der Waals surface area contributed by atoms with Crippen LogP contribution in [0.15, 0.2) is 29.4 Å². The number of nitrogens with one attached hydrogen (secondary N) is 1. The SMILES string of the molecule is CCC(NCCN=[N+]=[N-])(C(N)=O)c1cccc(Cl)c1. The highest BCUT2D eigenvalue weighted by Gasteiger charge is 2.36. The van der Waals surface area contributed by atoms with E-state index >= 15 is 0 Å². The fourth-order valence-electron chi connectivity index (χ4n) is 1.95. The smallest absolute Gasteiger partial charge is 0.242 e. The minimum Gasteiger partial charge on any atom is -0.368 e. The van der Waals surface area contributed by atoms with E-state index in [1.54, 1.807) is 24.3 Å². The van der Waals surface area contributed by atoms with Crippen LogP contribution in [0.3, 0.4) is 0 Å². The van der Waals surface area contributed by atoms with Crippen molar-refractivity contribution < 1.29 is 4.79 Å². The number of nitrogens with zero attached hydrogens (tertiary/aromatic N) is 3. The van der Waals surface area contributed by atoms with E-state index in [0.29, 0.717) is 23.6 Å². The zero-order valence-electron chi connectivity index (χ0n) is 10.6. The summed E-state index contributed by atoms with van der Waals surface area (Å²) in [5.41, 5.74) is 13.5. The molecule has 0 fully saturated rings. The lowest BCUT2D eigenvalue weighted by Crippen LogP contribution is -2.53. The molecule has 0 spiro atoms. The highest BCUT2D eigenvalue weighted by atomic mass is 35.5. The predicted molar refractivity (Wildman–Crippen MR) is 74.6 cm³/mol. The van der Waals surface area contributed by atoms with Crippen LogP contribution in [0, 0.1) is 0 Å². The van der Waals surface area contributed by atoms with Crippen LogP contribution in [0.2, 0.25) is 5.02 Å². The Morgan fingerprint density at radius 2 is 2.37 bits per heavy atom. The molecule has 1 atom stereocenters. The van der Waals surface area contributed by atoms with Crippen molar-refractivity contribution in [2.45, 2.75) is 18.9 Å². The fourth-order valence-corrected chi connectivity index (χ4v) is 2.14. The van der Waals surface area contributed by atoms with Crippen LogP contribution in [-0.4, -0.2) is 19.0 Å². The molecule has 1 aromatic rings. The molecule has 102 valence electrons. The van der Waals surface area contributed by atoms with Crippen molar-refractivity contribution in [3.05, 3.63) is 45.3 Å². The minimum atomic E-state index is -1.00. The summed E-state index contributed by atoms with van der Waals surface area (Å²) in [7, 11) is 0. The van der Waals surface area contributed by atoms with Crippen molar-refractivity contribution in [2.24, 2.45) is 10.8 Å². The number of carbonyl (C=O) groups excluding carboxylic acids is 1. The van der Waals surface area contributed by atoms with E-state index in [2.05, 4.69) is 15.3 Å². The Morgan fingerprint density at radius 3 is 2.89 bits per heavy atom. The maximum atomic E-state index is 11.8. The Balaban J connectivity index is 3.04. The number of rotatable bonds is 7. The number of benzene rings is 1. The monoisotopic (exact) mass is 281 g/mol. The first-order valence-corrected chi connectivity index (χ1v) is 6.26. The van der Waals surface area contributed by atoms with Crippen LogP contribution >= 0.6 is 11.6 Å². The first-order valence-electron chi connectivity index (χ1n) is 5.88. The first kappa shape index (κ1) is 15.3. The van der Waals surface area contributed by atoms with Gasteiger partial charge in [-0.05, 0) is 29.6 Å². The first-order chi connectivity index (χ1) is 9.06. The largest absolute Gasteiger partial charge is 0.368 e. The second-order valence-electron chi connectivity index (χ2n) is 4.01. The summed E-state index contributed by atoms with van der Waals surface area (Å²) in [6.07, 6.45) is 0.471. The van der Waals surface area contributed by atoms with Crippen LogP contribution in [0.5, 0.6) is 0 Å². The molecule has 0 bridgehead atoms. The van der Waals surface area contributed by atoms with E-state index in [0.717, 1.165) is 0 Å². The van der Waals surface area contributed by atoms with E-state index < -0.39 is 11.4 Å². The molecule has 0 aliphatic heterocycles. The summed E-state index contributed by atoms with van der Waals surface area (Å²) >= 11 is 5.95. The van der Waals surface area contributed by atoms with Crippen LogP contribution in [0.4, 0.5) is 0 Å². The Kier molecular flexibility index (Phi) is 5.63. The van der Waals surface area contributed by atoms with Gasteiger partial charge in [-0.3, -0.25) is 10.1 Å². The van der Waals surface area contributed by atoms with Gasteiger partial charge >= 0.3 is 0 Å². The quantitative estimate of drug-likeness (QED) is 0.346. The predicted octanol–water partition coefficient (Wildman–Crippen LogP) is 2.33. The Labute approximate surface area is 116 Å². The lowest BCUT2D eigenvalue weighted by Gasteiger charge is -2.31. The van der Waals surface area contributed by atoms with Gasteiger partial charge in [-0.1, -0.05) is 35.8 Å². The van der Waals surface area contributed by atoms with Crippen molar-refractivity contribution in [1.82, 2.24) is 5.32 Å². The van der Waals surface area contributed by atoms with Gasteiger partial charge in [0, 0.05) is 23.0 Å². The zero-order valence-corrected chi connectivity index (χ0v) is 11.4. The number of carbonyl (C=O) groups is 1. The molecule has 1 rings (SSSR count). The summed E-state index contributed by atoms with van der Waals surface area (Å²) < 4.78 is 0. The number of azide groups is 1. The third kappa shape index (κ3) is 3.61. The lowest BCUT2D eigenvalue weighted by molar-refractivity contribution is -0.125. The number of hydrogen-bond acceptors (Lipinski definition) is 3. The molecule has 1 aromatic carbocycles. The average molecular weight is 282 g/mol. The van der Waals surface area contributed by atoms with Gasteiger partial charge in [0.1, 0.15) is 5.54 Å². The summed E-state index contributed by atoms with van der Waals surface area (Å²) in [5, 5.41) is 7.02. The van der Waals surface area contributed by atoms with Crippen molar-refractivity contribution in [2.75, 3.05) is 13.1 Å². The summed E-state index contributed by atoms with van der Waals surface area (Å²) in [6, 6.07) is 6.99. The number of primary amides is 1. The number of hydrogen-bond donors (Lipinski definition) is 2. The van der Waals surface area contributed by atoms with E-state index in [1.165, 1.54) is 0 Å². The average Bonchev–Trinajstić information content (AvgIpc) is 2.39. The van der Waals surface area contributed by atoms with Crippen LogP contribution in [0.1, 0.15) is 18.9 Å². The van der Waals surface area contributed by atoms with Gasteiger partial charge in [0.05, 0.1) is 0 Å². The van der Waals surface area contributed by atoms with Gasteiger partial charge < -0.3 is 5.73 Å². The van der Waals surface area contributed by atoms with Crippen LogP contribution in [0.25, 0.3) is 10.4 Å². The third-order valence-electron chi connectivity index (χ3n) is 2.97. The molecule has 19 heavy (non-hydrogen) atoms. The third-order valence-corrected chi connectivity index (χ3v) is 3.21. The van der Waals surface area contributed by atoms with Gasteiger partial charge in [0.2, 0.25) is 5.91 Å². The van der Waals surface area contributed by atoms with Gasteiger partial charge in [0.15, 0.2) is 0 Å². The van der Waals surface area contributed by atoms with Gasteiger partial charge in [-0.25, -0.2) is 0 Å².